The first kappa shape index (κ1) is 11.1. The maximum absolute atomic E-state index is 4.27. The quantitative estimate of drug-likeness (QED) is 0.850. The average molecular weight is 224 g/mol. The van der Waals surface area contributed by atoms with Crippen LogP contribution in [-0.2, 0) is 6.54 Å². The molecule has 2 unspecified atom stereocenters. The molecule has 0 radical (unpaired) electrons. The fraction of sp³-hybridized carbons (Fsp3) is 0.750. The van der Waals surface area contributed by atoms with Gasteiger partial charge in [0, 0.05) is 18.1 Å². The van der Waals surface area contributed by atoms with E-state index in [-0.39, 0.29) is 0 Å². The molecule has 0 aromatic carbocycles. The van der Waals surface area contributed by atoms with E-state index in [1.54, 1.807) is 11.3 Å². The van der Waals surface area contributed by atoms with E-state index in [1.807, 2.05) is 11.6 Å². The number of hydrogen-bond donors (Lipinski definition) is 1. The number of hydrogen-bond acceptors (Lipinski definition) is 3. The summed E-state index contributed by atoms with van der Waals surface area (Å²) in [4.78, 5) is 4.27. The molecule has 2 atom stereocenters. The summed E-state index contributed by atoms with van der Waals surface area (Å²) in [5.41, 5.74) is 0. The molecule has 2 nitrogen and oxygen atoms in total. The van der Waals surface area contributed by atoms with Gasteiger partial charge in [0.05, 0.1) is 0 Å². The van der Waals surface area contributed by atoms with Gasteiger partial charge in [-0.1, -0.05) is 26.2 Å². The van der Waals surface area contributed by atoms with E-state index in [9.17, 15) is 0 Å². The third-order valence-corrected chi connectivity index (χ3v) is 4.23. The van der Waals surface area contributed by atoms with Crippen LogP contribution in [0.15, 0.2) is 11.6 Å². The zero-order valence-electron chi connectivity index (χ0n) is 9.41. The Bertz CT molecular complexity index is 271. The van der Waals surface area contributed by atoms with Gasteiger partial charge in [-0.3, -0.25) is 0 Å². The summed E-state index contributed by atoms with van der Waals surface area (Å²) in [7, 11) is 0. The lowest BCUT2D eigenvalue weighted by atomic mass is 9.80. The first-order valence-corrected chi connectivity index (χ1v) is 6.83. The molecule has 1 fully saturated rings. The molecule has 1 heterocycles. The summed E-state index contributed by atoms with van der Waals surface area (Å²) < 4.78 is 0. The predicted molar refractivity (Wildman–Crippen MR) is 64.9 cm³/mol. The average Bonchev–Trinajstić information content (AvgIpc) is 2.74. The monoisotopic (exact) mass is 224 g/mol. The van der Waals surface area contributed by atoms with E-state index in [1.165, 1.54) is 37.2 Å². The Morgan fingerprint density at radius 1 is 1.47 bits per heavy atom. The lowest BCUT2D eigenvalue weighted by Crippen LogP contribution is -2.29. The Labute approximate surface area is 96.1 Å². The minimum atomic E-state index is 0.888. The summed E-state index contributed by atoms with van der Waals surface area (Å²) in [5, 5.41) is 6.78. The predicted octanol–water partition coefficient (Wildman–Crippen LogP) is 3.06. The molecule has 1 N–H and O–H groups in total. The van der Waals surface area contributed by atoms with Crippen molar-refractivity contribution in [1.29, 1.82) is 0 Å². The fourth-order valence-electron chi connectivity index (χ4n) is 2.40. The van der Waals surface area contributed by atoms with Crippen LogP contribution in [-0.4, -0.2) is 11.5 Å². The smallest absolute Gasteiger partial charge is 0.106 e. The number of aromatic nitrogens is 1. The fourth-order valence-corrected chi connectivity index (χ4v) is 2.99. The van der Waals surface area contributed by atoms with Gasteiger partial charge in [0.1, 0.15) is 5.01 Å². The van der Waals surface area contributed by atoms with Gasteiger partial charge >= 0.3 is 0 Å². The topological polar surface area (TPSA) is 24.9 Å². The summed E-state index contributed by atoms with van der Waals surface area (Å²) >= 11 is 1.74. The lowest BCUT2D eigenvalue weighted by molar-refractivity contribution is 0.247. The lowest BCUT2D eigenvalue weighted by Gasteiger charge is -2.28. The normalized spacial score (nSPS) is 26.7. The van der Waals surface area contributed by atoms with Gasteiger partial charge in [-0.2, -0.15) is 0 Å². The van der Waals surface area contributed by atoms with Crippen LogP contribution in [0.4, 0.5) is 0 Å². The highest BCUT2D eigenvalue weighted by Crippen LogP contribution is 2.28. The summed E-state index contributed by atoms with van der Waals surface area (Å²) in [6.07, 6.45) is 7.57. The zero-order chi connectivity index (χ0) is 10.5. The Morgan fingerprint density at radius 3 is 3.07 bits per heavy atom. The summed E-state index contributed by atoms with van der Waals surface area (Å²) in [6.45, 7) is 4.51. The maximum Gasteiger partial charge on any atom is 0.106 e. The van der Waals surface area contributed by atoms with E-state index in [0.717, 1.165) is 18.4 Å². The highest BCUT2D eigenvalue weighted by molar-refractivity contribution is 7.09. The molecule has 1 saturated carbocycles. The van der Waals surface area contributed by atoms with Crippen molar-refractivity contribution in [2.75, 3.05) is 6.54 Å². The molecule has 1 aliphatic carbocycles. The van der Waals surface area contributed by atoms with Crippen molar-refractivity contribution in [1.82, 2.24) is 10.3 Å². The van der Waals surface area contributed by atoms with Crippen molar-refractivity contribution >= 4 is 11.3 Å². The first-order valence-electron chi connectivity index (χ1n) is 5.95. The van der Waals surface area contributed by atoms with Gasteiger partial charge < -0.3 is 5.32 Å². The van der Waals surface area contributed by atoms with Crippen molar-refractivity contribution < 1.29 is 0 Å². The second-order valence-corrected chi connectivity index (χ2v) is 5.56. The van der Waals surface area contributed by atoms with E-state index < -0.39 is 0 Å². The third kappa shape index (κ3) is 3.28. The molecule has 1 aliphatic rings. The molecule has 0 saturated heterocycles. The van der Waals surface area contributed by atoms with Crippen LogP contribution >= 0.6 is 11.3 Å². The Hall–Kier alpha value is -0.410. The van der Waals surface area contributed by atoms with Crippen LogP contribution in [0.1, 0.15) is 37.6 Å². The molecule has 0 amide bonds. The molecule has 15 heavy (non-hydrogen) atoms. The zero-order valence-corrected chi connectivity index (χ0v) is 10.2. The summed E-state index contributed by atoms with van der Waals surface area (Å²) in [6, 6.07) is 0. The molecule has 0 spiro atoms. The number of rotatable bonds is 4. The molecule has 0 aliphatic heterocycles. The van der Waals surface area contributed by atoms with Crippen molar-refractivity contribution in [2.24, 2.45) is 11.8 Å². The molecular weight excluding hydrogens is 204 g/mol. The SMILES string of the molecule is CC1CCCCC1CNCc1nccs1. The van der Waals surface area contributed by atoms with E-state index in [4.69, 9.17) is 0 Å². The summed E-state index contributed by atoms with van der Waals surface area (Å²) in [5.74, 6) is 1.79. The second-order valence-electron chi connectivity index (χ2n) is 4.58. The van der Waals surface area contributed by atoms with Crippen LogP contribution in [0.5, 0.6) is 0 Å². The van der Waals surface area contributed by atoms with Crippen molar-refractivity contribution in [2.45, 2.75) is 39.2 Å². The minimum absolute atomic E-state index is 0.888. The molecule has 3 heteroatoms. The Morgan fingerprint density at radius 2 is 2.33 bits per heavy atom. The van der Waals surface area contributed by atoms with Gasteiger partial charge in [0.2, 0.25) is 0 Å². The van der Waals surface area contributed by atoms with Gasteiger partial charge in [-0.05, 0) is 24.8 Å². The van der Waals surface area contributed by atoms with Crippen LogP contribution in [0, 0.1) is 11.8 Å². The van der Waals surface area contributed by atoms with Gasteiger partial charge in [0.15, 0.2) is 0 Å². The number of thiazole rings is 1. The van der Waals surface area contributed by atoms with Gasteiger partial charge in [-0.15, -0.1) is 11.3 Å². The Kier molecular flexibility index (Phi) is 4.15. The van der Waals surface area contributed by atoms with Crippen molar-refractivity contribution in [3.05, 3.63) is 16.6 Å². The van der Waals surface area contributed by atoms with E-state index >= 15 is 0 Å². The molecular formula is C12H20N2S. The van der Waals surface area contributed by atoms with Crippen molar-refractivity contribution in [3.63, 3.8) is 0 Å². The van der Waals surface area contributed by atoms with Gasteiger partial charge in [-0.25, -0.2) is 4.98 Å². The van der Waals surface area contributed by atoms with E-state index in [0.29, 0.717) is 0 Å². The largest absolute Gasteiger partial charge is 0.310 e. The van der Waals surface area contributed by atoms with Crippen molar-refractivity contribution in [3.8, 4) is 0 Å². The number of nitrogens with one attached hydrogen (secondary N) is 1. The van der Waals surface area contributed by atoms with Crippen LogP contribution < -0.4 is 5.32 Å². The maximum atomic E-state index is 4.27. The number of nitrogens with zero attached hydrogens (tertiary/aromatic N) is 1. The van der Waals surface area contributed by atoms with Crippen LogP contribution in [0.2, 0.25) is 0 Å². The van der Waals surface area contributed by atoms with E-state index in [2.05, 4.69) is 17.2 Å². The standard InChI is InChI=1S/C12H20N2S/c1-10-4-2-3-5-11(10)8-13-9-12-14-6-7-15-12/h6-7,10-11,13H,2-5,8-9H2,1H3. The second kappa shape index (κ2) is 5.61. The molecule has 2 rings (SSSR count). The van der Waals surface area contributed by atoms with Gasteiger partial charge in [0.25, 0.3) is 0 Å². The first-order chi connectivity index (χ1) is 7.36. The molecule has 1 aromatic rings. The third-order valence-electron chi connectivity index (χ3n) is 3.46. The Balaban J connectivity index is 1.68. The minimum Gasteiger partial charge on any atom is -0.310 e. The molecule has 0 bridgehead atoms. The van der Waals surface area contributed by atoms with Crippen LogP contribution in [0.3, 0.4) is 0 Å². The highest BCUT2D eigenvalue weighted by atomic mass is 32.1. The molecule has 84 valence electrons. The highest BCUT2D eigenvalue weighted by Gasteiger charge is 2.20. The molecule has 1 aromatic heterocycles. The van der Waals surface area contributed by atoms with Crippen LogP contribution in [0.25, 0.3) is 0 Å².